The number of nitrogens with one attached hydrogen (secondary N) is 1. The molecule has 1 saturated heterocycles. The molecule has 6 heteroatoms. The Balaban J connectivity index is 1.62. The fourth-order valence-corrected chi connectivity index (χ4v) is 2.88. The summed E-state index contributed by atoms with van der Waals surface area (Å²) in [6.07, 6.45) is 7.63. The average molecular weight is 312 g/mol. The third kappa shape index (κ3) is 3.84. The molecule has 2 atom stereocenters. The number of aliphatic hydroxyl groups excluding tert-OH is 1. The van der Waals surface area contributed by atoms with Crippen LogP contribution < -0.4 is 5.32 Å². The molecule has 2 N–H and O–H groups in total. The zero-order valence-corrected chi connectivity index (χ0v) is 12.8. The first-order valence-electron chi connectivity index (χ1n) is 7.74. The molecule has 3 rings (SSSR count). The summed E-state index contributed by atoms with van der Waals surface area (Å²) in [4.78, 5) is 22.3. The van der Waals surface area contributed by atoms with Crippen LogP contribution in [0.3, 0.4) is 0 Å². The van der Waals surface area contributed by atoms with Crippen LogP contribution in [0, 0.1) is 0 Å². The molecule has 1 aliphatic rings. The third-order valence-corrected chi connectivity index (χ3v) is 4.11. The Morgan fingerprint density at radius 3 is 2.57 bits per heavy atom. The van der Waals surface area contributed by atoms with E-state index in [-0.39, 0.29) is 12.1 Å². The third-order valence-electron chi connectivity index (χ3n) is 4.11. The molecule has 0 spiro atoms. The molecule has 0 aromatic carbocycles. The molecule has 1 fully saturated rings. The van der Waals surface area contributed by atoms with Crippen LogP contribution in [0.15, 0.2) is 49.1 Å². The van der Waals surface area contributed by atoms with Crippen molar-refractivity contribution in [2.45, 2.75) is 31.5 Å². The lowest BCUT2D eigenvalue weighted by Gasteiger charge is -2.26. The van der Waals surface area contributed by atoms with Crippen LogP contribution in [0.4, 0.5) is 4.79 Å². The van der Waals surface area contributed by atoms with Crippen LogP contribution >= 0.6 is 0 Å². The van der Waals surface area contributed by atoms with Crippen molar-refractivity contribution >= 4 is 6.03 Å². The first kappa shape index (κ1) is 15.4. The van der Waals surface area contributed by atoms with E-state index in [2.05, 4.69) is 15.3 Å². The number of urea groups is 1. The lowest BCUT2D eigenvalue weighted by atomic mass is 10.0. The van der Waals surface area contributed by atoms with Crippen molar-refractivity contribution in [1.29, 1.82) is 0 Å². The molecule has 0 saturated carbocycles. The number of rotatable bonds is 4. The van der Waals surface area contributed by atoms with Gasteiger partial charge in [0.15, 0.2) is 0 Å². The molecule has 0 unspecified atom stereocenters. The molecule has 2 aromatic heterocycles. The molecule has 3 heterocycles. The van der Waals surface area contributed by atoms with Crippen molar-refractivity contribution in [3.05, 3.63) is 60.2 Å². The van der Waals surface area contributed by atoms with Gasteiger partial charge in [-0.3, -0.25) is 9.97 Å². The predicted octanol–water partition coefficient (Wildman–Crippen LogP) is 1.36. The number of likely N-dealkylation sites (tertiary alicyclic amines) is 1. The second-order valence-corrected chi connectivity index (χ2v) is 5.70. The van der Waals surface area contributed by atoms with Gasteiger partial charge in [-0.25, -0.2) is 4.79 Å². The van der Waals surface area contributed by atoms with E-state index in [1.165, 1.54) is 0 Å². The van der Waals surface area contributed by atoms with Crippen molar-refractivity contribution < 1.29 is 9.90 Å². The van der Waals surface area contributed by atoms with Crippen LogP contribution in [0.2, 0.25) is 0 Å². The van der Waals surface area contributed by atoms with Gasteiger partial charge >= 0.3 is 6.03 Å². The number of pyridine rings is 2. The number of carbonyl (C=O) groups is 1. The smallest absolute Gasteiger partial charge is 0.318 e. The second kappa shape index (κ2) is 7.19. The number of carbonyl (C=O) groups excluding carboxylic acids is 1. The van der Waals surface area contributed by atoms with Gasteiger partial charge in [-0.2, -0.15) is 0 Å². The molecule has 1 aliphatic heterocycles. The molecule has 2 aromatic rings. The summed E-state index contributed by atoms with van der Waals surface area (Å²) in [5.41, 5.74) is 1.97. The molecule has 0 aliphatic carbocycles. The van der Waals surface area contributed by atoms with Crippen molar-refractivity contribution in [3.63, 3.8) is 0 Å². The Hall–Kier alpha value is -2.47. The van der Waals surface area contributed by atoms with Gasteiger partial charge < -0.3 is 15.3 Å². The molecular weight excluding hydrogens is 292 g/mol. The normalized spacial score (nSPS) is 20.5. The molecule has 6 nitrogen and oxygen atoms in total. The summed E-state index contributed by atoms with van der Waals surface area (Å²) < 4.78 is 0. The second-order valence-electron chi connectivity index (χ2n) is 5.70. The fraction of sp³-hybridized carbons (Fsp3) is 0.353. The Labute approximate surface area is 135 Å². The van der Waals surface area contributed by atoms with Gasteiger partial charge in [0.05, 0.1) is 12.1 Å². The largest absolute Gasteiger partial charge is 0.391 e. The Bertz CT molecular complexity index is 636. The lowest BCUT2D eigenvalue weighted by Crippen LogP contribution is -2.46. The number of hydrogen-bond donors (Lipinski definition) is 2. The summed E-state index contributed by atoms with van der Waals surface area (Å²) in [5, 5.41) is 13.1. The maximum absolute atomic E-state index is 12.4. The van der Waals surface area contributed by atoms with E-state index in [0.29, 0.717) is 25.9 Å². The van der Waals surface area contributed by atoms with Gasteiger partial charge in [0.1, 0.15) is 0 Å². The van der Waals surface area contributed by atoms with Crippen molar-refractivity contribution in [1.82, 2.24) is 20.2 Å². The molecule has 23 heavy (non-hydrogen) atoms. The molecular formula is C17H20N4O2. The number of amides is 2. The zero-order valence-electron chi connectivity index (χ0n) is 12.8. The minimum Gasteiger partial charge on any atom is -0.391 e. The number of nitrogens with zero attached hydrogens (tertiary/aromatic N) is 3. The molecule has 0 radical (unpaired) electrons. The van der Waals surface area contributed by atoms with E-state index in [1.54, 1.807) is 29.7 Å². The topological polar surface area (TPSA) is 78.4 Å². The standard InChI is InChI=1S/C17H20N4O2/c22-16-5-8-21(15(16)9-13-3-1-6-18-10-13)17(23)20-12-14-4-2-7-19-11-14/h1-4,6-7,10-11,15-16,22H,5,8-9,12H2,(H,20,23)/t15-,16-/m0/s1. The van der Waals surface area contributed by atoms with Crippen LogP contribution in [-0.4, -0.2) is 44.7 Å². The maximum Gasteiger partial charge on any atom is 0.318 e. The molecule has 2 amide bonds. The van der Waals surface area contributed by atoms with Crippen LogP contribution in [0.25, 0.3) is 0 Å². The highest BCUT2D eigenvalue weighted by Gasteiger charge is 2.35. The first-order valence-corrected chi connectivity index (χ1v) is 7.74. The Morgan fingerprint density at radius 2 is 1.91 bits per heavy atom. The monoisotopic (exact) mass is 312 g/mol. The minimum absolute atomic E-state index is 0.153. The maximum atomic E-state index is 12.4. The van der Waals surface area contributed by atoms with Gasteiger partial charge in [-0.15, -0.1) is 0 Å². The van der Waals surface area contributed by atoms with Gasteiger partial charge in [0.25, 0.3) is 0 Å². The van der Waals surface area contributed by atoms with Gasteiger partial charge in [-0.05, 0) is 36.1 Å². The van der Waals surface area contributed by atoms with Gasteiger partial charge in [0, 0.05) is 37.9 Å². The minimum atomic E-state index is -0.501. The summed E-state index contributed by atoms with van der Waals surface area (Å²) in [7, 11) is 0. The Kier molecular flexibility index (Phi) is 4.83. The first-order chi connectivity index (χ1) is 11.2. The van der Waals surface area contributed by atoms with Crippen LogP contribution in [0.5, 0.6) is 0 Å². The van der Waals surface area contributed by atoms with Crippen molar-refractivity contribution in [2.75, 3.05) is 6.54 Å². The fourth-order valence-electron chi connectivity index (χ4n) is 2.88. The van der Waals surface area contributed by atoms with Gasteiger partial charge in [-0.1, -0.05) is 12.1 Å². The average Bonchev–Trinajstić information content (AvgIpc) is 2.95. The predicted molar refractivity (Wildman–Crippen MR) is 85.5 cm³/mol. The highest BCUT2D eigenvalue weighted by Crippen LogP contribution is 2.21. The summed E-state index contributed by atoms with van der Waals surface area (Å²) in [5.74, 6) is 0. The number of aromatic nitrogens is 2. The van der Waals surface area contributed by atoms with Crippen molar-refractivity contribution in [3.8, 4) is 0 Å². The van der Waals surface area contributed by atoms with E-state index in [1.807, 2.05) is 24.3 Å². The molecule has 120 valence electrons. The summed E-state index contributed by atoms with van der Waals surface area (Å²) in [6.45, 7) is 0.990. The quantitative estimate of drug-likeness (QED) is 0.893. The van der Waals surface area contributed by atoms with Crippen LogP contribution in [-0.2, 0) is 13.0 Å². The van der Waals surface area contributed by atoms with E-state index in [9.17, 15) is 9.90 Å². The van der Waals surface area contributed by atoms with E-state index in [4.69, 9.17) is 0 Å². The van der Waals surface area contributed by atoms with Gasteiger partial charge in [0.2, 0.25) is 0 Å². The van der Waals surface area contributed by atoms with E-state index >= 15 is 0 Å². The highest BCUT2D eigenvalue weighted by atomic mass is 16.3. The van der Waals surface area contributed by atoms with Crippen molar-refractivity contribution in [2.24, 2.45) is 0 Å². The van der Waals surface area contributed by atoms with E-state index in [0.717, 1.165) is 11.1 Å². The zero-order chi connectivity index (χ0) is 16.1. The number of aliphatic hydroxyl groups is 1. The Morgan fingerprint density at radius 1 is 1.22 bits per heavy atom. The summed E-state index contributed by atoms with van der Waals surface area (Å²) in [6, 6.07) is 7.21. The van der Waals surface area contributed by atoms with Crippen LogP contribution in [0.1, 0.15) is 17.5 Å². The van der Waals surface area contributed by atoms with E-state index < -0.39 is 6.10 Å². The SMILES string of the molecule is O=C(NCc1cccnc1)N1CC[C@H](O)[C@@H]1Cc1cccnc1. The summed E-state index contributed by atoms with van der Waals surface area (Å²) >= 11 is 0. The number of hydrogen-bond acceptors (Lipinski definition) is 4. The lowest BCUT2D eigenvalue weighted by molar-refractivity contribution is 0.122. The molecule has 0 bridgehead atoms. The highest BCUT2D eigenvalue weighted by molar-refractivity contribution is 5.75.